The highest BCUT2D eigenvalue weighted by molar-refractivity contribution is 5.90. The van der Waals surface area contributed by atoms with Gasteiger partial charge in [0.2, 0.25) is 11.8 Å². The third-order valence-corrected chi connectivity index (χ3v) is 5.53. The molecule has 1 unspecified atom stereocenters. The number of benzene rings is 1. The Balaban J connectivity index is 1.17. The van der Waals surface area contributed by atoms with Gasteiger partial charge in [-0.3, -0.25) is 14.5 Å². The summed E-state index contributed by atoms with van der Waals surface area (Å²) in [5.41, 5.74) is -0.211. The van der Waals surface area contributed by atoms with Crippen LogP contribution in [0, 0.1) is 0 Å². The number of rotatable bonds is 9. The molecule has 2 aromatic heterocycles. The topological polar surface area (TPSA) is 129 Å². The van der Waals surface area contributed by atoms with Crippen molar-refractivity contribution in [1.82, 2.24) is 30.6 Å². The first-order valence-electron chi connectivity index (χ1n) is 10.6. The summed E-state index contributed by atoms with van der Waals surface area (Å²) < 4.78 is 5.30. The van der Waals surface area contributed by atoms with Crippen LogP contribution in [0.25, 0.3) is 10.8 Å². The highest BCUT2D eigenvalue weighted by atomic mass is 16.5. The number of hydrogen-bond acceptors (Lipinski definition) is 8. The Morgan fingerprint density at radius 2 is 2.13 bits per heavy atom. The molecule has 0 saturated carbocycles. The van der Waals surface area contributed by atoms with Gasteiger partial charge in [0.05, 0.1) is 11.4 Å². The van der Waals surface area contributed by atoms with Gasteiger partial charge >= 0.3 is 0 Å². The average Bonchev–Trinajstić information content (AvgIpc) is 3.42. The zero-order valence-corrected chi connectivity index (χ0v) is 17.6. The van der Waals surface area contributed by atoms with Crippen molar-refractivity contribution in [3.05, 3.63) is 46.3 Å². The molecule has 1 atom stereocenters. The maximum Gasteiger partial charge on any atom is 0.272 e. The van der Waals surface area contributed by atoms with E-state index in [0.717, 1.165) is 31.2 Å². The zero-order chi connectivity index (χ0) is 21.6. The number of nitrogens with one attached hydrogen (secondary N) is 3. The van der Waals surface area contributed by atoms with Crippen LogP contribution in [0.15, 0.2) is 33.6 Å². The standard InChI is InChI=1S/C21H27N7O3/c1-28-13-4-8-16(28)20-24-18(31-27-20)10-9-17(29)22-11-5-12-23-19-14-6-2-3-7-15(14)21(30)26-25-19/h2-3,6-7,16H,4-5,8-13H2,1H3,(H,22,29)(H,23,25)(H,26,30). The van der Waals surface area contributed by atoms with Crippen molar-refractivity contribution in [3.8, 4) is 0 Å². The Bertz CT molecular complexity index is 1090. The Morgan fingerprint density at radius 3 is 2.94 bits per heavy atom. The molecule has 0 radical (unpaired) electrons. The minimum Gasteiger partial charge on any atom is -0.368 e. The number of carbonyl (C=O) groups is 1. The van der Waals surface area contributed by atoms with Crippen LogP contribution in [0.5, 0.6) is 0 Å². The molecule has 31 heavy (non-hydrogen) atoms. The van der Waals surface area contributed by atoms with Crippen molar-refractivity contribution >= 4 is 22.5 Å². The second kappa shape index (κ2) is 9.69. The molecule has 0 bridgehead atoms. The number of hydrogen-bond donors (Lipinski definition) is 3. The van der Waals surface area contributed by atoms with Gasteiger partial charge in [0.25, 0.3) is 5.56 Å². The fourth-order valence-electron chi connectivity index (χ4n) is 3.82. The summed E-state index contributed by atoms with van der Waals surface area (Å²) in [5, 5.41) is 18.1. The van der Waals surface area contributed by atoms with Crippen molar-refractivity contribution in [2.75, 3.05) is 32.0 Å². The van der Waals surface area contributed by atoms with Crippen molar-refractivity contribution in [1.29, 1.82) is 0 Å². The molecule has 10 nitrogen and oxygen atoms in total. The van der Waals surface area contributed by atoms with Gasteiger partial charge in [0, 0.05) is 31.3 Å². The second-order valence-electron chi connectivity index (χ2n) is 7.76. The molecule has 0 spiro atoms. The Kier molecular flexibility index (Phi) is 6.56. The molecule has 1 aliphatic rings. The van der Waals surface area contributed by atoms with Gasteiger partial charge in [-0.1, -0.05) is 23.4 Å². The van der Waals surface area contributed by atoms with E-state index in [9.17, 15) is 9.59 Å². The zero-order valence-electron chi connectivity index (χ0n) is 17.6. The number of aromatic amines is 1. The summed E-state index contributed by atoms with van der Waals surface area (Å²) in [6, 6.07) is 7.52. The Labute approximate surface area is 179 Å². The SMILES string of the molecule is CN1CCCC1c1noc(CCC(=O)NCCCNc2n[nH]c(=O)c3ccccc23)n1. The van der Waals surface area contributed by atoms with Crippen molar-refractivity contribution in [3.63, 3.8) is 0 Å². The van der Waals surface area contributed by atoms with E-state index >= 15 is 0 Å². The molecule has 1 saturated heterocycles. The molecule has 1 fully saturated rings. The number of aromatic nitrogens is 4. The molecule has 3 aromatic rings. The summed E-state index contributed by atoms with van der Waals surface area (Å²) in [4.78, 5) is 30.6. The van der Waals surface area contributed by atoms with Crippen LogP contribution in [0.3, 0.4) is 0 Å². The van der Waals surface area contributed by atoms with Gasteiger partial charge in [-0.05, 0) is 38.9 Å². The van der Waals surface area contributed by atoms with E-state index in [1.165, 1.54) is 0 Å². The molecule has 164 valence electrons. The number of H-pyrrole nitrogens is 1. The third kappa shape index (κ3) is 5.08. The van der Waals surface area contributed by atoms with Crippen LogP contribution in [0.1, 0.15) is 43.4 Å². The van der Waals surface area contributed by atoms with E-state index in [1.807, 2.05) is 18.2 Å². The molecule has 1 aliphatic heterocycles. The first kappa shape index (κ1) is 21.0. The number of amides is 1. The Morgan fingerprint density at radius 1 is 1.29 bits per heavy atom. The van der Waals surface area contributed by atoms with Crippen LogP contribution in [0.4, 0.5) is 5.82 Å². The first-order valence-corrected chi connectivity index (χ1v) is 10.6. The molecular weight excluding hydrogens is 398 g/mol. The average molecular weight is 425 g/mol. The minimum absolute atomic E-state index is 0.0506. The Hall–Kier alpha value is -3.27. The minimum atomic E-state index is -0.211. The highest BCUT2D eigenvalue weighted by Gasteiger charge is 2.27. The summed E-state index contributed by atoms with van der Waals surface area (Å²) in [7, 11) is 2.06. The summed E-state index contributed by atoms with van der Waals surface area (Å²) in [6.07, 6.45) is 3.63. The number of nitrogens with zero attached hydrogens (tertiary/aromatic N) is 4. The van der Waals surface area contributed by atoms with Crippen molar-refractivity contribution in [2.45, 2.75) is 38.1 Å². The molecule has 3 heterocycles. The molecule has 1 amide bonds. The van der Waals surface area contributed by atoms with Gasteiger partial charge < -0.3 is 15.2 Å². The monoisotopic (exact) mass is 425 g/mol. The van der Waals surface area contributed by atoms with Crippen LogP contribution < -0.4 is 16.2 Å². The predicted molar refractivity (Wildman–Crippen MR) is 116 cm³/mol. The van der Waals surface area contributed by atoms with E-state index < -0.39 is 0 Å². The number of anilines is 1. The van der Waals surface area contributed by atoms with E-state index in [1.54, 1.807) is 6.07 Å². The molecular formula is C21H27N7O3. The lowest BCUT2D eigenvalue weighted by Crippen LogP contribution is -2.26. The normalized spacial score (nSPS) is 16.6. The predicted octanol–water partition coefficient (Wildman–Crippen LogP) is 1.62. The van der Waals surface area contributed by atoms with E-state index in [-0.39, 0.29) is 17.5 Å². The largest absolute Gasteiger partial charge is 0.368 e. The van der Waals surface area contributed by atoms with Gasteiger partial charge in [0.15, 0.2) is 11.6 Å². The highest BCUT2D eigenvalue weighted by Crippen LogP contribution is 2.28. The van der Waals surface area contributed by atoms with Crippen LogP contribution >= 0.6 is 0 Å². The summed E-state index contributed by atoms with van der Waals surface area (Å²) in [6.45, 7) is 2.20. The molecule has 1 aromatic carbocycles. The second-order valence-corrected chi connectivity index (χ2v) is 7.76. The fraction of sp³-hybridized carbons (Fsp3) is 0.476. The van der Waals surface area contributed by atoms with Gasteiger partial charge in [-0.15, -0.1) is 0 Å². The van der Waals surface area contributed by atoms with Gasteiger partial charge in [-0.2, -0.15) is 10.1 Å². The van der Waals surface area contributed by atoms with Gasteiger partial charge in [0.1, 0.15) is 0 Å². The van der Waals surface area contributed by atoms with E-state index in [4.69, 9.17) is 4.52 Å². The van der Waals surface area contributed by atoms with E-state index in [0.29, 0.717) is 48.9 Å². The van der Waals surface area contributed by atoms with Gasteiger partial charge in [-0.25, -0.2) is 5.10 Å². The fourth-order valence-corrected chi connectivity index (χ4v) is 3.82. The molecule has 0 aliphatic carbocycles. The van der Waals surface area contributed by atoms with Crippen LogP contribution in [-0.2, 0) is 11.2 Å². The first-order chi connectivity index (χ1) is 15.1. The van der Waals surface area contributed by atoms with Crippen molar-refractivity contribution < 1.29 is 9.32 Å². The number of fused-ring (bicyclic) bond motifs is 1. The molecule has 3 N–H and O–H groups in total. The number of likely N-dealkylation sites (tertiary alicyclic amines) is 1. The lowest BCUT2D eigenvalue weighted by molar-refractivity contribution is -0.121. The number of carbonyl (C=O) groups excluding carboxylic acids is 1. The molecule has 4 rings (SSSR count). The quantitative estimate of drug-likeness (QED) is 0.441. The molecule has 10 heteroatoms. The lowest BCUT2D eigenvalue weighted by Gasteiger charge is -2.14. The van der Waals surface area contributed by atoms with Crippen LogP contribution in [0.2, 0.25) is 0 Å². The smallest absolute Gasteiger partial charge is 0.272 e. The number of aryl methyl sites for hydroxylation is 1. The summed E-state index contributed by atoms with van der Waals surface area (Å²) in [5.74, 6) is 1.79. The maximum absolute atomic E-state index is 12.1. The summed E-state index contributed by atoms with van der Waals surface area (Å²) >= 11 is 0. The maximum atomic E-state index is 12.1. The van der Waals surface area contributed by atoms with E-state index in [2.05, 4.69) is 42.9 Å². The third-order valence-electron chi connectivity index (χ3n) is 5.53. The van der Waals surface area contributed by atoms with Crippen molar-refractivity contribution in [2.24, 2.45) is 0 Å². The lowest BCUT2D eigenvalue weighted by atomic mass is 10.2. The van der Waals surface area contributed by atoms with Crippen LogP contribution in [-0.4, -0.2) is 57.8 Å².